The van der Waals surface area contributed by atoms with Crippen molar-refractivity contribution in [1.82, 2.24) is 29.3 Å². The minimum Gasteiger partial charge on any atom is -0.442 e. The van der Waals surface area contributed by atoms with Gasteiger partial charge in [-0.2, -0.15) is 10.2 Å². The lowest BCUT2D eigenvalue weighted by Crippen LogP contribution is -2.49. The SMILES string of the molecule is Cc1ccc2cc(C(C)OC(=O)N3CCN(c4cnn5cc(-c6cnn(C)c6)ccc45)CC3)ccc2n1. The Bertz CT molecular complexity index is 1600. The third-order valence-corrected chi connectivity index (χ3v) is 7.01. The summed E-state index contributed by atoms with van der Waals surface area (Å²) in [6, 6.07) is 14.2. The quantitative estimate of drug-likeness (QED) is 0.362. The number of amides is 1. The maximum atomic E-state index is 12.9. The topological polar surface area (TPSA) is 80.8 Å². The van der Waals surface area contributed by atoms with Crippen molar-refractivity contribution in [3.05, 3.63) is 78.5 Å². The van der Waals surface area contributed by atoms with Crippen LogP contribution in [-0.2, 0) is 11.8 Å². The number of piperazine rings is 1. The van der Waals surface area contributed by atoms with Crippen LogP contribution in [-0.4, -0.2) is 61.6 Å². The number of carbonyl (C=O) groups is 1. The number of hydrogen-bond donors (Lipinski definition) is 0. The number of benzene rings is 1. The molecule has 1 aliphatic rings. The summed E-state index contributed by atoms with van der Waals surface area (Å²) in [5.74, 6) is 0. The van der Waals surface area contributed by atoms with Crippen LogP contribution in [0.1, 0.15) is 24.3 Å². The Morgan fingerprint density at radius 1 is 0.946 bits per heavy atom. The summed E-state index contributed by atoms with van der Waals surface area (Å²) in [6.07, 6.45) is 7.13. The highest BCUT2D eigenvalue weighted by Gasteiger charge is 2.25. The van der Waals surface area contributed by atoms with Crippen LogP contribution >= 0.6 is 0 Å². The van der Waals surface area contributed by atoms with E-state index in [0.29, 0.717) is 13.1 Å². The van der Waals surface area contributed by atoms with Crippen molar-refractivity contribution in [2.75, 3.05) is 31.1 Å². The molecule has 5 heterocycles. The van der Waals surface area contributed by atoms with Gasteiger partial charge in [0.15, 0.2) is 0 Å². The van der Waals surface area contributed by atoms with Gasteiger partial charge in [-0.1, -0.05) is 18.2 Å². The number of fused-ring (bicyclic) bond motifs is 2. The zero-order valence-corrected chi connectivity index (χ0v) is 21.2. The van der Waals surface area contributed by atoms with Crippen LogP contribution in [0.3, 0.4) is 0 Å². The Morgan fingerprint density at radius 3 is 2.57 bits per heavy atom. The first kappa shape index (κ1) is 23.0. The van der Waals surface area contributed by atoms with Crippen molar-refractivity contribution in [3.8, 4) is 11.1 Å². The standard InChI is InChI=1S/C28H29N7O2/c1-19-4-5-22-14-21(6-8-25(22)31-19)20(2)37-28(36)34-12-10-33(11-13-34)27-16-30-35-18-23(7-9-26(27)35)24-15-29-32(3)17-24/h4-9,14-18,20H,10-13H2,1-3H3. The van der Waals surface area contributed by atoms with Gasteiger partial charge in [-0.15, -0.1) is 0 Å². The summed E-state index contributed by atoms with van der Waals surface area (Å²) in [4.78, 5) is 21.5. The average Bonchev–Trinajstić information content (AvgIpc) is 3.54. The van der Waals surface area contributed by atoms with Crippen molar-refractivity contribution < 1.29 is 9.53 Å². The molecule has 0 radical (unpaired) electrons. The lowest BCUT2D eigenvalue weighted by Gasteiger charge is -2.35. The molecule has 0 spiro atoms. The Kier molecular flexibility index (Phi) is 5.75. The van der Waals surface area contributed by atoms with E-state index in [2.05, 4.69) is 38.3 Å². The molecule has 37 heavy (non-hydrogen) atoms. The normalized spacial score (nSPS) is 14.9. The van der Waals surface area contributed by atoms with Crippen LogP contribution in [0.4, 0.5) is 10.5 Å². The molecule has 9 nitrogen and oxygen atoms in total. The first-order valence-corrected chi connectivity index (χ1v) is 12.5. The lowest BCUT2D eigenvalue weighted by molar-refractivity contribution is 0.0681. The zero-order valence-electron chi connectivity index (χ0n) is 21.2. The maximum Gasteiger partial charge on any atom is 0.410 e. The first-order chi connectivity index (χ1) is 17.9. The number of rotatable bonds is 4. The number of aryl methyl sites for hydroxylation is 2. The Balaban J connectivity index is 1.09. The van der Waals surface area contributed by atoms with Crippen LogP contribution < -0.4 is 4.90 Å². The number of aromatic nitrogens is 5. The maximum absolute atomic E-state index is 12.9. The highest BCUT2D eigenvalue weighted by Crippen LogP contribution is 2.27. The lowest BCUT2D eigenvalue weighted by atomic mass is 10.1. The van der Waals surface area contributed by atoms with Gasteiger partial charge in [0.1, 0.15) is 6.10 Å². The molecule has 4 aromatic heterocycles. The molecule has 1 amide bonds. The number of carbonyl (C=O) groups excluding carboxylic acids is 1. The van der Waals surface area contributed by atoms with Gasteiger partial charge in [0.05, 0.1) is 29.1 Å². The molecule has 1 unspecified atom stereocenters. The van der Waals surface area contributed by atoms with E-state index in [1.54, 1.807) is 9.58 Å². The fraction of sp³-hybridized carbons (Fsp3) is 0.286. The fourth-order valence-corrected chi connectivity index (χ4v) is 4.88. The van der Waals surface area contributed by atoms with E-state index in [1.807, 2.05) is 74.5 Å². The Labute approximate surface area is 214 Å². The minimum absolute atomic E-state index is 0.282. The second-order valence-electron chi connectivity index (χ2n) is 9.58. The largest absolute Gasteiger partial charge is 0.442 e. The number of pyridine rings is 2. The van der Waals surface area contributed by atoms with Crippen LogP contribution in [0.25, 0.3) is 27.5 Å². The van der Waals surface area contributed by atoms with Gasteiger partial charge in [-0.3, -0.25) is 9.67 Å². The second-order valence-corrected chi connectivity index (χ2v) is 9.58. The third-order valence-electron chi connectivity index (χ3n) is 7.01. The molecular weight excluding hydrogens is 466 g/mol. The van der Waals surface area contributed by atoms with Crippen molar-refractivity contribution in [3.63, 3.8) is 0 Å². The molecular formula is C28H29N7O2. The molecule has 0 saturated carbocycles. The van der Waals surface area contributed by atoms with Crippen LogP contribution in [0, 0.1) is 6.92 Å². The van der Waals surface area contributed by atoms with Crippen molar-refractivity contribution in [2.24, 2.45) is 7.05 Å². The van der Waals surface area contributed by atoms with Gasteiger partial charge in [0.2, 0.25) is 0 Å². The van der Waals surface area contributed by atoms with Crippen LogP contribution in [0.15, 0.2) is 67.3 Å². The molecule has 1 fully saturated rings. The van der Waals surface area contributed by atoms with Gasteiger partial charge < -0.3 is 14.5 Å². The van der Waals surface area contributed by atoms with Gasteiger partial charge in [0.25, 0.3) is 0 Å². The Morgan fingerprint density at radius 2 is 1.78 bits per heavy atom. The van der Waals surface area contributed by atoms with E-state index < -0.39 is 0 Å². The average molecular weight is 496 g/mol. The highest BCUT2D eigenvalue weighted by molar-refractivity contribution is 5.80. The monoisotopic (exact) mass is 495 g/mol. The van der Waals surface area contributed by atoms with Crippen LogP contribution in [0.2, 0.25) is 0 Å². The smallest absolute Gasteiger partial charge is 0.410 e. The second kappa shape index (κ2) is 9.24. The van der Waals surface area contributed by atoms with E-state index in [-0.39, 0.29) is 12.2 Å². The molecule has 188 valence electrons. The van der Waals surface area contributed by atoms with E-state index in [0.717, 1.165) is 57.6 Å². The third kappa shape index (κ3) is 4.48. The predicted molar refractivity (Wildman–Crippen MR) is 143 cm³/mol. The van der Waals surface area contributed by atoms with E-state index >= 15 is 0 Å². The van der Waals surface area contributed by atoms with Crippen molar-refractivity contribution in [1.29, 1.82) is 0 Å². The number of hydrogen-bond acceptors (Lipinski definition) is 6. The summed E-state index contributed by atoms with van der Waals surface area (Å²) in [5.41, 5.74) is 7.12. The Hall–Kier alpha value is -4.40. The fourth-order valence-electron chi connectivity index (χ4n) is 4.88. The molecule has 1 atom stereocenters. The summed E-state index contributed by atoms with van der Waals surface area (Å²) < 4.78 is 9.52. The molecule has 1 saturated heterocycles. The van der Waals surface area contributed by atoms with Gasteiger partial charge >= 0.3 is 6.09 Å². The number of nitrogens with zero attached hydrogens (tertiary/aromatic N) is 7. The molecule has 0 bridgehead atoms. The van der Waals surface area contributed by atoms with E-state index in [1.165, 1.54) is 0 Å². The zero-order chi connectivity index (χ0) is 25.5. The predicted octanol–water partition coefficient (Wildman–Crippen LogP) is 4.61. The van der Waals surface area contributed by atoms with Gasteiger partial charge in [-0.25, -0.2) is 9.31 Å². The van der Waals surface area contributed by atoms with E-state index in [4.69, 9.17) is 4.74 Å². The molecule has 0 N–H and O–H groups in total. The highest BCUT2D eigenvalue weighted by atomic mass is 16.6. The van der Waals surface area contributed by atoms with Crippen molar-refractivity contribution in [2.45, 2.75) is 20.0 Å². The summed E-state index contributed by atoms with van der Waals surface area (Å²) in [5, 5.41) is 9.88. The summed E-state index contributed by atoms with van der Waals surface area (Å²) in [6.45, 7) is 6.52. The molecule has 0 aliphatic carbocycles. The molecule has 9 heteroatoms. The summed E-state index contributed by atoms with van der Waals surface area (Å²) in [7, 11) is 1.91. The summed E-state index contributed by atoms with van der Waals surface area (Å²) >= 11 is 0. The van der Waals surface area contributed by atoms with E-state index in [9.17, 15) is 4.79 Å². The molecule has 5 aromatic rings. The first-order valence-electron chi connectivity index (χ1n) is 12.5. The van der Waals surface area contributed by atoms with Crippen molar-refractivity contribution >= 4 is 28.2 Å². The molecule has 6 rings (SSSR count). The van der Waals surface area contributed by atoms with Crippen LogP contribution in [0.5, 0.6) is 0 Å². The number of ether oxygens (including phenoxy) is 1. The number of anilines is 1. The molecule has 1 aliphatic heterocycles. The molecule has 1 aromatic carbocycles. The minimum atomic E-state index is -0.343. The van der Waals surface area contributed by atoms with Gasteiger partial charge in [0, 0.05) is 67.8 Å². The van der Waals surface area contributed by atoms with Gasteiger partial charge in [-0.05, 0) is 43.7 Å².